The lowest BCUT2D eigenvalue weighted by molar-refractivity contribution is 0.465. The minimum absolute atomic E-state index is 0.773. The summed E-state index contributed by atoms with van der Waals surface area (Å²) in [5.74, 6) is 1.61. The van der Waals surface area contributed by atoms with Crippen LogP contribution in [0.25, 0.3) is 0 Å². The first-order valence-corrected chi connectivity index (χ1v) is 6.25. The highest BCUT2D eigenvalue weighted by Crippen LogP contribution is 2.41. The van der Waals surface area contributed by atoms with E-state index in [4.69, 9.17) is 0 Å². The highest BCUT2D eigenvalue weighted by atomic mass is 32.1. The monoisotopic (exact) mass is 210 g/mol. The van der Waals surface area contributed by atoms with E-state index in [0.29, 0.717) is 0 Å². The summed E-state index contributed by atoms with van der Waals surface area (Å²) in [7, 11) is 2.05. The highest BCUT2D eigenvalue weighted by Gasteiger charge is 2.29. The van der Waals surface area contributed by atoms with E-state index in [2.05, 4.69) is 24.3 Å². The van der Waals surface area contributed by atoms with Crippen LogP contribution in [0.1, 0.15) is 35.8 Å². The summed E-state index contributed by atoms with van der Waals surface area (Å²) < 4.78 is 0. The van der Waals surface area contributed by atoms with Crippen molar-refractivity contribution in [3.63, 3.8) is 0 Å². The van der Waals surface area contributed by atoms with Crippen LogP contribution in [0.15, 0.2) is 5.51 Å². The van der Waals surface area contributed by atoms with Crippen LogP contribution in [0.4, 0.5) is 0 Å². The molecule has 1 heterocycles. The fourth-order valence-electron chi connectivity index (χ4n) is 2.56. The third-order valence-electron chi connectivity index (χ3n) is 3.24. The Morgan fingerprint density at radius 1 is 1.57 bits per heavy atom. The second-order valence-corrected chi connectivity index (χ2v) is 5.04. The molecule has 78 valence electrons. The molecule has 2 atom stereocenters. The average molecular weight is 210 g/mol. The van der Waals surface area contributed by atoms with E-state index in [0.717, 1.165) is 18.4 Å². The van der Waals surface area contributed by atoms with E-state index < -0.39 is 0 Å². The van der Waals surface area contributed by atoms with Crippen molar-refractivity contribution < 1.29 is 0 Å². The first kappa shape index (κ1) is 10.1. The Hall–Kier alpha value is -0.410. The molecule has 1 fully saturated rings. The Balaban J connectivity index is 2.13. The van der Waals surface area contributed by atoms with Gasteiger partial charge in [-0.15, -0.1) is 11.3 Å². The first-order valence-electron chi connectivity index (χ1n) is 5.37. The van der Waals surface area contributed by atoms with Gasteiger partial charge in [-0.05, 0) is 45.2 Å². The summed E-state index contributed by atoms with van der Waals surface area (Å²) >= 11 is 1.84. The lowest BCUT2D eigenvalue weighted by Gasteiger charge is -2.18. The largest absolute Gasteiger partial charge is 0.319 e. The standard InChI is InChI=1S/C11H18N2S/c1-8-11(14-7-13-8)10-5-3-4-9(10)6-12-2/h7,9-10,12H,3-6H2,1-2H3. The van der Waals surface area contributed by atoms with Crippen LogP contribution < -0.4 is 5.32 Å². The predicted octanol–water partition coefficient (Wildman–Crippen LogP) is 2.55. The van der Waals surface area contributed by atoms with Crippen molar-refractivity contribution in [3.8, 4) is 0 Å². The van der Waals surface area contributed by atoms with Crippen molar-refractivity contribution in [3.05, 3.63) is 16.1 Å². The van der Waals surface area contributed by atoms with Gasteiger partial charge in [-0.3, -0.25) is 0 Å². The smallest absolute Gasteiger partial charge is 0.0797 e. The Kier molecular flexibility index (Phi) is 3.19. The van der Waals surface area contributed by atoms with Gasteiger partial charge in [0.25, 0.3) is 0 Å². The molecule has 1 aromatic heterocycles. The zero-order valence-electron chi connectivity index (χ0n) is 8.92. The molecular formula is C11H18N2S. The second-order valence-electron chi connectivity index (χ2n) is 4.16. The van der Waals surface area contributed by atoms with Crippen LogP contribution in [0.2, 0.25) is 0 Å². The number of hydrogen-bond donors (Lipinski definition) is 1. The zero-order chi connectivity index (χ0) is 9.97. The quantitative estimate of drug-likeness (QED) is 0.829. The molecule has 2 rings (SSSR count). The Morgan fingerprint density at radius 3 is 3.07 bits per heavy atom. The maximum absolute atomic E-state index is 4.35. The molecule has 1 aromatic rings. The molecule has 1 N–H and O–H groups in total. The number of nitrogens with one attached hydrogen (secondary N) is 1. The lowest BCUT2D eigenvalue weighted by atomic mass is 9.94. The van der Waals surface area contributed by atoms with Crippen LogP contribution in [0, 0.1) is 12.8 Å². The fourth-order valence-corrected chi connectivity index (χ4v) is 3.59. The molecular weight excluding hydrogens is 192 g/mol. The number of hydrogen-bond acceptors (Lipinski definition) is 3. The van der Waals surface area contributed by atoms with Gasteiger partial charge >= 0.3 is 0 Å². The molecule has 1 aliphatic carbocycles. The molecule has 0 aliphatic heterocycles. The van der Waals surface area contributed by atoms with E-state index in [-0.39, 0.29) is 0 Å². The lowest BCUT2D eigenvalue weighted by Crippen LogP contribution is -2.20. The molecule has 14 heavy (non-hydrogen) atoms. The molecule has 1 saturated carbocycles. The number of thiazole rings is 1. The molecule has 3 heteroatoms. The van der Waals surface area contributed by atoms with Gasteiger partial charge < -0.3 is 5.32 Å². The van der Waals surface area contributed by atoms with Crippen molar-refractivity contribution in [1.29, 1.82) is 0 Å². The average Bonchev–Trinajstić information content (AvgIpc) is 2.74. The number of aryl methyl sites for hydroxylation is 1. The summed E-state index contributed by atoms with van der Waals surface area (Å²) in [5, 5.41) is 3.31. The van der Waals surface area contributed by atoms with Gasteiger partial charge in [-0.2, -0.15) is 0 Å². The molecule has 0 saturated heterocycles. The first-order chi connectivity index (χ1) is 6.83. The Labute approximate surface area is 89.8 Å². The fraction of sp³-hybridized carbons (Fsp3) is 0.727. The van der Waals surface area contributed by atoms with E-state index in [1.54, 1.807) is 0 Å². The van der Waals surface area contributed by atoms with Crippen LogP contribution in [-0.4, -0.2) is 18.6 Å². The van der Waals surface area contributed by atoms with E-state index in [9.17, 15) is 0 Å². The molecule has 0 radical (unpaired) electrons. The van der Waals surface area contributed by atoms with Crippen LogP contribution in [0.3, 0.4) is 0 Å². The molecule has 0 bridgehead atoms. The summed E-state index contributed by atoms with van der Waals surface area (Å²) in [5.41, 5.74) is 3.24. The molecule has 2 nitrogen and oxygen atoms in total. The highest BCUT2D eigenvalue weighted by molar-refractivity contribution is 7.09. The summed E-state index contributed by atoms with van der Waals surface area (Å²) in [6.45, 7) is 3.29. The van der Waals surface area contributed by atoms with Crippen LogP contribution in [0.5, 0.6) is 0 Å². The third-order valence-corrected chi connectivity index (χ3v) is 4.31. The van der Waals surface area contributed by atoms with E-state index >= 15 is 0 Å². The van der Waals surface area contributed by atoms with Crippen molar-refractivity contribution in [1.82, 2.24) is 10.3 Å². The van der Waals surface area contributed by atoms with Gasteiger partial charge in [0.15, 0.2) is 0 Å². The van der Waals surface area contributed by atoms with Gasteiger partial charge in [-0.25, -0.2) is 4.98 Å². The van der Waals surface area contributed by atoms with Gasteiger partial charge in [0.1, 0.15) is 0 Å². The zero-order valence-corrected chi connectivity index (χ0v) is 9.73. The molecule has 0 aromatic carbocycles. The minimum Gasteiger partial charge on any atom is -0.319 e. The number of nitrogens with zero attached hydrogens (tertiary/aromatic N) is 1. The molecule has 1 aliphatic rings. The topological polar surface area (TPSA) is 24.9 Å². The second kappa shape index (κ2) is 4.41. The Bertz CT molecular complexity index is 295. The van der Waals surface area contributed by atoms with Crippen LogP contribution >= 0.6 is 11.3 Å². The minimum atomic E-state index is 0.773. The molecule has 0 spiro atoms. The summed E-state index contributed by atoms with van der Waals surface area (Å²) in [4.78, 5) is 5.88. The van der Waals surface area contributed by atoms with Gasteiger partial charge in [0.05, 0.1) is 11.2 Å². The maximum atomic E-state index is 4.35. The Morgan fingerprint density at radius 2 is 2.43 bits per heavy atom. The van der Waals surface area contributed by atoms with Crippen molar-refractivity contribution >= 4 is 11.3 Å². The van der Waals surface area contributed by atoms with E-state index in [1.807, 2.05) is 16.8 Å². The maximum Gasteiger partial charge on any atom is 0.0797 e. The van der Waals surface area contributed by atoms with Crippen molar-refractivity contribution in [2.75, 3.05) is 13.6 Å². The summed E-state index contributed by atoms with van der Waals surface area (Å²) in [6.07, 6.45) is 4.12. The third kappa shape index (κ3) is 1.84. The van der Waals surface area contributed by atoms with Crippen molar-refractivity contribution in [2.24, 2.45) is 5.92 Å². The molecule has 2 unspecified atom stereocenters. The van der Waals surface area contributed by atoms with Crippen LogP contribution in [-0.2, 0) is 0 Å². The van der Waals surface area contributed by atoms with Gasteiger partial charge in [0, 0.05) is 4.88 Å². The predicted molar refractivity (Wildman–Crippen MR) is 60.9 cm³/mol. The van der Waals surface area contributed by atoms with Gasteiger partial charge in [0.2, 0.25) is 0 Å². The summed E-state index contributed by atoms with van der Waals surface area (Å²) in [6, 6.07) is 0. The molecule has 0 amide bonds. The number of rotatable bonds is 3. The SMILES string of the molecule is CNCC1CCCC1c1scnc1C. The normalized spacial score (nSPS) is 27.0. The number of aromatic nitrogens is 1. The van der Waals surface area contributed by atoms with Crippen molar-refractivity contribution in [2.45, 2.75) is 32.1 Å². The van der Waals surface area contributed by atoms with Gasteiger partial charge in [-0.1, -0.05) is 6.42 Å². The van der Waals surface area contributed by atoms with E-state index in [1.165, 1.54) is 29.8 Å².